The van der Waals surface area contributed by atoms with Crippen molar-refractivity contribution in [2.75, 3.05) is 5.73 Å². The Morgan fingerprint density at radius 3 is 2.40 bits per heavy atom. The van der Waals surface area contributed by atoms with E-state index in [0.29, 0.717) is 10.8 Å². The first-order valence-corrected chi connectivity index (χ1v) is 6.26. The van der Waals surface area contributed by atoms with Gasteiger partial charge in [0.15, 0.2) is 0 Å². The summed E-state index contributed by atoms with van der Waals surface area (Å²) in [5.41, 5.74) is 13.0. The van der Waals surface area contributed by atoms with Crippen LogP contribution < -0.4 is 16.2 Å². The molecular formula is C14H14ClN3O2. The van der Waals surface area contributed by atoms with Crippen molar-refractivity contribution in [3.63, 3.8) is 0 Å². The fraction of sp³-hybridized carbons (Fsp3) is 0.143. The Bertz CT molecular complexity index is 663. The van der Waals surface area contributed by atoms with Crippen LogP contribution in [-0.4, -0.2) is 10.9 Å². The maximum atomic E-state index is 11.2. The molecule has 2 rings (SSSR count). The number of halogens is 1. The zero-order chi connectivity index (χ0) is 14.9. The van der Waals surface area contributed by atoms with Crippen LogP contribution in [0.5, 0.6) is 11.6 Å². The lowest BCUT2D eigenvalue weighted by Gasteiger charge is -2.12. The SMILES string of the molecule is Cc1cc(Cl)cc(C)c1Oc1cc(C(N)=O)c(N)cn1. The number of hydrogen-bond acceptors (Lipinski definition) is 4. The van der Waals surface area contributed by atoms with Gasteiger partial charge in [-0.05, 0) is 37.1 Å². The van der Waals surface area contributed by atoms with Gasteiger partial charge in [-0.25, -0.2) is 4.98 Å². The molecule has 2 aromatic rings. The van der Waals surface area contributed by atoms with Crippen molar-refractivity contribution in [1.82, 2.24) is 4.98 Å². The summed E-state index contributed by atoms with van der Waals surface area (Å²) in [6, 6.07) is 5.00. The third-order valence-electron chi connectivity index (χ3n) is 2.81. The van der Waals surface area contributed by atoms with Crippen molar-refractivity contribution in [3.8, 4) is 11.6 Å². The summed E-state index contributed by atoms with van der Waals surface area (Å²) in [4.78, 5) is 15.3. The summed E-state index contributed by atoms with van der Waals surface area (Å²) in [5, 5.41) is 0.635. The molecule has 20 heavy (non-hydrogen) atoms. The van der Waals surface area contributed by atoms with Gasteiger partial charge in [0, 0.05) is 11.1 Å². The van der Waals surface area contributed by atoms with Crippen LogP contribution in [0.4, 0.5) is 5.69 Å². The van der Waals surface area contributed by atoms with Crippen LogP contribution in [0.25, 0.3) is 0 Å². The van der Waals surface area contributed by atoms with Crippen LogP contribution in [0.3, 0.4) is 0 Å². The molecule has 104 valence electrons. The number of carbonyl (C=O) groups is 1. The molecule has 0 saturated carbocycles. The van der Waals surface area contributed by atoms with E-state index in [-0.39, 0.29) is 17.1 Å². The van der Waals surface area contributed by atoms with Gasteiger partial charge < -0.3 is 16.2 Å². The number of rotatable bonds is 3. The number of carbonyl (C=O) groups excluding carboxylic acids is 1. The maximum Gasteiger partial charge on any atom is 0.251 e. The van der Waals surface area contributed by atoms with E-state index >= 15 is 0 Å². The second-order valence-corrected chi connectivity index (χ2v) is 4.88. The molecule has 0 bridgehead atoms. The molecule has 0 atom stereocenters. The number of primary amides is 1. The number of hydrogen-bond donors (Lipinski definition) is 2. The minimum atomic E-state index is -0.626. The van der Waals surface area contributed by atoms with Crippen LogP contribution >= 0.6 is 11.6 Å². The summed E-state index contributed by atoms with van der Waals surface area (Å²) < 4.78 is 5.71. The first kappa shape index (κ1) is 14.1. The molecule has 0 fully saturated rings. The van der Waals surface area contributed by atoms with E-state index in [9.17, 15) is 4.79 Å². The predicted molar refractivity (Wildman–Crippen MR) is 78.2 cm³/mol. The molecule has 1 amide bonds. The summed E-state index contributed by atoms with van der Waals surface area (Å²) in [5.74, 6) is 0.267. The van der Waals surface area contributed by atoms with Crippen molar-refractivity contribution in [1.29, 1.82) is 0 Å². The van der Waals surface area contributed by atoms with E-state index < -0.39 is 5.91 Å². The van der Waals surface area contributed by atoms with Crippen molar-refractivity contribution >= 4 is 23.2 Å². The number of pyridine rings is 1. The molecule has 5 nitrogen and oxygen atoms in total. The number of nitrogen functional groups attached to an aromatic ring is 1. The highest BCUT2D eigenvalue weighted by Crippen LogP contribution is 2.31. The number of ether oxygens (including phenoxy) is 1. The summed E-state index contributed by atoms with van der Waals surface area (Å²) in [6.45, 7) is 3.75. The molecule has 0 radical (unpaired) electrons. The quantitative estimate of drug-likeness (QED) is 0.909. The highest BCUT2D eigenvalue weighted by atomic mass is 35.5. The van der Waals surface area contributed by atoms with Crippen LogP contribution in [0.2, 0.25) is 5.02 Å². The molecule has 0 aliphatic heterocycles. The first-order chi connectivity index (χ1) is 9.38. The van der Waals surface area contributed by atoms with Crippen molar-refractivity contribution in [2.45, 2.75) is 13.8 Å². The standard InChI is InChI=1S/C14H14ClN3O2/c1-7-3-9(15)4-8(2)13(7)20-12-5-10(14(17)19)11(16)6-18-12/h3-6H,16H2,1-2H3,(H2,17,19). The van der Waals surface area contributed by atoms with Gasteiger partial charge in [0.2, 0.25) is 5.88 Å². The molecule has 1 aromatic carbocycles. The maximum absolute atomic E-state index is 11.2. The van der Waals surface area contributed by atoms with E-state index in [1.807, 2.05) is 13.8 Å². The molecule has 1 heterocycles. The minimum absolute atomic E-state index is 0.180. The lowest BCUT2D eigenvalue weighted by molar-refractivity contribution is 0.100. The van der Waals surface area contributed by atoms with E-state index in [0.717, 1.165) is 11.1 Å². The van der Waals surface area contributed by atoms with Crippen LogP contribution in [0.15, 0.2) is 24.4 Å². The average Bonchev–Trinajstić information content (AvgIpc) is 2.35. The highest BCUT2D eigenvalue weighted by Gasteiger charge is 2.12. The highest BCUT2D eigenvalue weighted by molar-refractivity contribution is 6.30. The average molecular weight is 292 g/mol. The van der Waals surface area contributed by atoms with E-state index in [1.165, 1.54) is 12.3 Å². The van der Waals surface area contributed by atoms with Crippen molar-refractivity contribution in [3.05, 3.63) is 46.1 Å². The van der Waals surface area contributed by atoms with Crippen molar-refractivity contribution < 1.29 is 9.53 Å². The van der Waals surface area contributed by atoms with Gasteiger partial charge in [0.25, 0.3) is 5.91 Å². The van der Waals surface area contributed by atoms with Crippen molar-refractivity contribution in [2.24, 2.45) is 5.73 Å². The molecule has 0 unspecified atom stereocenters. The Labute approximate surface area is 121 Å². The van der Waals surface area contributed by atoms with Gasteiger partial charge >= 0.3 is 0 Å². The summed E-state index contributed by atoms with van der Waals surface area (Å²) in [6.07, 6.45) is 1.34. The molecule has 0 spiro atoms. The van der Waals surface area contributed by atoms with E-state index in [4.69, 9.17) is 27.8 Å². The third-order valence-corrected chi connectivity index (χ3v) is 3.03. The predicted octanol–water partition coefficient (Wildman–Crippen LogP) is 2.83. The number of nitrogens with two attached hydrogens (primary N) is 2. The van der Waals surface area contributed by atoms with Gasteiger partial charge in [-0.1, -0.05) is 11.6 Å². The van der Waals surface area contributed by atoms with E-state index in [2.05, 4.69) is 4.98 Å². The van der Waals surface area contributed by atoms with Gasteiger partial charge in [0.1, 0.15) is 5.75 Å². The Kier molecular flexibility index (Phi) is 3.81. The second-order valence-electron chi connectivity index (χ2n) is 4.44. The largest absolute Gasteiger partial charge is 0.438 e. The lowest BCUT2D eigenvalue weighted by Crippen LogP contribution is -2.14. The van der Waals surface area contributed by atoms with Gasteiger partial charge in [-0.15, -0.1) is 0 Å². The van der Waals surface area contributed by atoms with Crippen LogP contribution in [0.1, 0.15) is 21.5 Å². The topological polar surface area (TPSA) is 91.2 Å². The number of nitrogens with zero attached hydrogens (tertiary/aromatic N) is 1. The van der Waals surface area contributed by atoms with Gasteiger partial charge in [-0.3, -0.25) is 4.79 Å². The first-order valence-electron chi connectivity index (χ1n) is 5.88. The van der Waals surface area contributed by atoms with E-state index in [1.54, 1.807) is 12.1 Å². The monoisotopic (exact) mass is 291 g/mol. The molecule has 6 heteroatoms. The summed E-state index contributed by atoms with van der Waals surface area (Å²) >= 11 is 5.96. The molecule has 0 saturated heterocycles. The fourth-order valence-electron chi connectivity index (χ4n) is 1.88. The number of benzene rings is 1. The normalized spacial score (nSPS) is 10.3. The molecular weight excluding hydrogens is 278 g/mol. The van der Waals surface area contributed by atoms with Gasteiger partial charge in [0.05, 0.1) is 17.4 Å². The fourth-order valence-corrected chi connectivity index (χ4v) is 2.21. The zero-order valence-corrected chi connectivity index (χ0v) is 11.9. The van der Waals surface area contributed by atoms with Crippen LogP contribution in [0, 0.1) is 13.8 Å². The Morgan fingerprint density at radius 2 is 1.85 bits per heavy atom. The molecule has 4 N–H and O–H groups in total. The van der Waals surface area contributed by atoms with Gasteiger partial charge in [-0.2, -0.15) is 0 Å². The Hall–Kier alpha value is -2.27. The zero-order valence-electron chi connectivity index (χ0n) is 11.1. The second kappa shape index (κ2) is 5.38. The third kappa shape index (κ3) is 2.83. The number of anilines is 1. The molecule has 0 aliphatic carbocycles. The Morgan fingerprint density at radius 1 is 1.25 bits per heavy atom. The van der Waals surface area contributed by atoms with Crippen LogP contribution in [-0.2, 0) is 0 Å². The number of amides is 1. The summed E-state index contributed by atoms with van der Waals surface area (Å²) in [7, 11) is 0. The number of aromatic nitrogens is 1. The minimum Gasteiger partial charge on any atom is -0.438 e. The Balaban J connectivity index is 2.41. The molecule has 0 aliphatic rings. The smallest absolute Gasteiger partial charge is 0.251 e. The number of aryl methyl sites for hydroxylation is 2. The molecule has 1 aromatic heterocycles. The lowest BCUT2D eigenvalue weighted by atomic mass is 10.1.